The predicted molar refractivity (Wildman–Crippen MR) is 79.4 cm³/mol. The summed E-state index contributed by atoms with van der Waals surface area (Å²) in [6, 6.07) is 7.43. The van der Waals surface area contributed by atoms with Crippen LogP contribution in [0.5, 0.6) is 0 Å². The second-order valence-electron chi connectivity index (χ2n) is 5.54. The number of likely N-dealkylation sites (N-methyl/N-ethyl adjacent to an activating group) is 1. The van der Waals surface area contributed by atoms with E-state index in [2.05, 4.69) is 15.9 Å². The molecule has 1 aromatic carbocycles. The van der Waals surface area contributed by atoms with Gasteiger partial charge >= 0.3 is 0 Å². The van der Waals surface area contributed by atoms with Crippen molar-refractivity contribution >= 4 is 21.7 Å². The standard InChI is InChI=1S/C15H20BrNO2/c1-17(11-15(19)7-2-3-8-15)10-14(18)12-5-4-6-13(16)9-12/h4-6,9,19H,2-3,7-8,10-11H2,1H3. The molecule has 0 saturated heterocycles. The zero-order valence-corrected chi connectivity index (χ0v) is 12.8. The second-order valence-corrected chi connectivity index (χ2v) is 6.45. The first kappa shape index (κ1) is 14.7. The number of ketones is 1. The molecule has 2 rings (SSSR count). The molecule has 0 amide bonds. The molecule has 1 fully saturated rings. The average Bonchev–Trinajstić information content (AvgIpc) is 2.75. The molecule has 0 bridgehead atoms. The normalized spacial score (nSPS) is 17.9. The van der Waals surface area contributed by atoms with Gasteiger partial charge < -0.3 is 5.11 Å². The van der Waals surface area contributed by atoms with Crippen LogP contribution < -0.4 is 0 Å². The Labute approximate surface area is 122 Å². The minimum absolute atomic E-state index is 0.0883. The van der Waals surface area contributed by atoms with E-state index in [1.165, 1.54) is 0 Å². The third-order valence-corrected chi connectivity index (χ3v) is 4.15. The zero-order chi connectivity index (χ0) is 13.9. The van der Waals surface area contributed by atoms with Crippen LogP contribution in [-0.2, 0) is 0 Å². The molecule has 19 heavy (non-hydrogen) atoms. The minimum Gasteiger partial charge on any atom is -0.389 e. The summed E-state index contributed by atoms with van der Waals surface area (Å²) in [4.78, 5) is 14.1. The van der Waals surface area contributed by atoms with Gasteiger partial charge in [-0.1, -0.05) is 40.9 Å². The molecule has 0 aliphatic heterocycles. The summed E-state index contributed by atoms with van der Waals surface area (Å²) in [6.45, 7) is 0.922. The summed E-state index contributed by atoms with van der Waals surface area (Å²) >= 11 is 3.37. The van der Waals surface area contributed by atoms with Gasteiger partial charge in [0.2, 0.25) is 0 Å². The van der Waals surface area contributed by atoms with Crippen LogP contribution in [0.15, 0.2) is 28.7 Å². The Kier molecular flexibility index (Phi) is 4.76. The molecular formula is C15H20BrNO2. The lowest BCUT2D eigenvalue weighted by Gasteiger charge is -2.28. The van der Waals surface area contributed by atoms with Crippen molar-refractivity contribution < 1.29 is 9.90 Å². The van der Waals surface area contributed by atoms with Crippen molar-refractivity contribution in [2.75, 3.05) is 20.1 Å². The third kappa shape index (κ3) is 4.13. The fraction of sp³-hybridized carbons (Fsp3) is 0.533. The van der Waals surface area contributed by atoms with Crippen LogP contribution in [0, 0.1) is 0 Å². The van der Waals surface area contributed by atoms with Gasteiger partial charge in [0.05, 0.1) is 12.1 Å². The number of hydrogen-bond donors (Lipinski definition) is 1. The van der Waals surface area contributed by atoms with E-state index in [4.69, 9.17) is 0 Å². The monoisotopic (exact) mass is 325 g/mol. The van der Waals surface area contributed by atoms with E-state index in [9.17, 15) is 9.90 Å². The lowest BCUT2D eigenvalue weighted by Crippen LogP contribution is -2.41. The molecule has 104 valence electrons. The highest BCUT2D eigenvalue weighted by Crippen LogP contribution is 2.29. The van der Waals surface area contributed by atoms with E-state index in [-0.39, 0.29) is 5.78 Å². The SMILES string of the molecule is CN(CC(=O)c1cccc(Br)c1)CC1(O)CCCC1. The Morgan fingerprint density at radius 1 is 1.42 bits per heavy atom. The van der Waals surface area contributed by atoms with Crippen LogP contribution in [-0.4, -0.2) is 41.5 Å². The van der Waals surface area contributed by atoms with Crippen molar-refractivity contribution in [2.45, 2.75) is 31.3 Å². The van der Waals surface area contributed by atoms with Gasteiger partial charge in [0.25, 0.3) is 0 Å². The summed E-state index contributed by atoms with van der Waals surface area (Å²) in [5.41, 5.74) is 0.117. The van der Waals surface area contributed by atoms with Crippen molar-refractivity contribution in [1.29, 1.82) is 0 Å². The van der Waals surface area contributed by atoms with Crippen LogP contribution in [0.25, 0.3) is 0 Å². The van der Waals surface area contributed by atoms with Gasteiger partial charge in [0.1, 0.15) is 0 Å². The molecule has 0 radical (unpaired) electrons. The number of rotatable bonds is 5. The van der Waals surface area contributed by atoms with Crippen LogP contribution in [0.3, 0.4) is 0 Å². The van der Waals surface area contributed by atoms with Crippen LogP contribution in [0.4, 0.5) is 0 Å². The molecule has 0 aromatic heterocycles. The first-order valence-electron chi connectivity index (χ1n) is 6.68. The molecule has 1 aliphatic rings. The van der Waals surface area contributed by atoms with Gasteiger partial charge in [0.15, 0.2) is 5.78 Å². The Bertz CT molecular complexity index is 455. The smallest absolute Gasteiger partial charge is 0.176 e. The lowest BCUT2D eigenvalue weighted by molar-refractivity contribution is 0.0172. The number of hydrogen-bond acceptors (Lipinski definition) is 3. The number of halogens is 1. The number of benzene rings is 1. The number of Topliss-reactive ketones (excluding diaryl/α,β-unsaturated/α-hetero) is 1. The molecule has 3 nitrogen and oxygen atoms in total. The number of nitrogens with zero attached hydrogens (tertiary/aromatic N) is 1. The Morgan fingerprint density at radius 2 is 2.11 bits per heavy atom. The molecule has 1 saturated carbocycles. The van der Waals surface area contributed by atoms with E-state index < -0.39 is 5.60 Å². The predicted octanol–water partition coefficient (Wildman–Crippen LogP) is 2.87. The van der Waals surface area contributed by atoms with Crippen molar-refractivity contribution in [3.8, 4) is 0 Å². The van der Waals surface area contributed by atoms with Gasteiger partial charge in [-0.3, -0.25) is 9.69 Å². The number of carbonyl (C=O) groups is 1. The number of aliphatic hydroxyl groups is 1. The van der Waals surface area contributed by atoms with Gasteiger partial charge in [-0.05, 0) is 32.0 Å². The molecule has 1 N–H and O–H groups in total. The molecule has 4 heteroatoms. The van der Waals surface area contributed by atoms with Gasteiger partial charge in [0, 0.05) is 16.6 Å². The van der Waals surface area contributed by atoms with E-state index in [0.29, 0.717) is 18.7 Å². The van der Waals surface area contributed by atoms with Crippen molar-refractivity contribution in [3.63, 3.8) is 0 Å². The number of carbonyl (C=O) groups excluding carboxylic acids is 1. The highest BCUT2D eigenvalue weighted by molar-refractivity contribution is 9.10. The van der Waals surface area contributed by atoms with Gasteiger partial charge in [-0.25, -0.2) is 0 Å². The quantitative estimate of drug-likeness (QED) is 0.846. The van der Waals surface area contributed by atoms with Crippen LogP contribution in [0.2, 0.25) is 0 Å². The second kappa shape index (κ2) is 6.16. The van der Waals surface area contributed by atoms with Crippen LogP contribution >= 0.6 is 15.9 Å². The largest absolute Gasteiger partial charge is 0.389 e. The molecule has 1 aromatic rings. The highest BCUT2D eigenvalue weighted by atomic mass is 79.9. The van der Waals surface area contributed by atoms with Crippen molar-refractivity contribution in [2.24, 2.45) is 0 Å². The Hall–Kier alpha value is -0.710. The zero-order valence-electron chi connectivity index (χ0n) is 11.2. The maximum absolute atomic E-state index is 12.1. The summed E-state index contributed by atoms with van der Waals surface area (Å²) in [5, 5.41) is 10.3. The average molecular weight is 326 g/mol. The molecule has 0 atom stereocenters. The molecule has 1 aliphatic carbocycles. The van der Waals surface area contributed by atoms with Crippen molar-refractivity contribution in [1.82, 2.24) is 4.90 Å². The van der Waals surface area contributed by atoms with Gasteiger partial charge in [-0.15, -0.1) is 0 Å². The molecule has 0 unspecified atom stereocenters. The maximum Gasteiger partial charge on any atom is 0.176 e. The Balaban J connectivity index is 1.91. The van der Waals surface area contributed by atoms with E-state index >= 15 is 0 Å². The Morgan fingerprint density at radius 3 is 2.74 bits per heavy atom. The fourth-order valence-corrected chi connectivity index (χ4v) is 3.15. The minimum atomic E-state index is -0.591. The van der Waals surface area contributed by atoms with Gasteiger partial charge in [-0.2, -0.15) is 0 Å². The molecule has 0 heterocycles. The molecule has 0 spiro atoms. The summed E-state index contributed by atoms with van der Waals surface area (Å²) < 4.78 is 0.912. The van der Waals surface area contributed by atoms with Crippen LogP contribution in [0.1, 0.15) is 36.0 Å². The summed E-state index contributed by atoms with van der Waals surface area (Å²) in [6.07, 6.45) is 3.87. The lowest BCUT2D eigenvalue weighted by atomic mass is 10.0. The fourth-order valence-electron chi connectivity index (χ4n) is 2.75. The first-order chi connectivity index (χ1) is 8.98. The van der Waals surface area contributed by atoms with Crippen molar-refractivity contribution in [3.05, 3.63) is 34.3 Å². The highest BCUT2D eigenvalue weighted by Gasteiger charge is 2.32. The maximum atomic E-state index is 12.1. The third-order valence-electron chi connectivity index (χ3n) is 3.66. The van der Waals surface area contributed by atoms with E-state index in [1.54, 1.807) is 0 Å². The molecular weight excluding hydrogens is 306 g/mol. The first-order valence-corrected chi connectivity index (χ1v) is 7.47. The van der Waals surface area contributed by atoms with E-state index in [0.717, 1.165) is 30.2 Å². The summed E-state index contributed by atoms with van der Waals surface area (Å²) in [7, 11) is 1.90. The van der Waals surface area contributed by atoms with E-state index in [1.807, 2.05) is 36.2 Å². The topological polar surface area (TPSA) is 40.5 Å². The summed E-state index contributed by atoms with van der Waals surface area (Å²) in [5.74, 6) is 0.0883.